The molecule has 0 bridgehead atoms. The topological polar surface area (TPSA) is 191 Å². The number of carboxylic acid groups (broad SMARTS) is 1. The Kier molecular flexibility index (Phi) is 13.2. The molecule has 0 aromatic rings. The lowest BCUT2D eigenvalue weighted by Gasteiger charge is -2.25. The fourth-order valence-electron chi connectivity index (χ4n) is 2.27. The van der Waals surface area contributed by atoms with Crippen molar-refractivity contribution in [1.82, 2.24) is 16.0 Å². The molecule has 0 aromatic heterocycles. The first-order valence-corrected chi connectivity index (χ1v) is 10.6. The number of carbonyl (C=O) groups is 4. The molecule has 168 valence electrons. The van der Waals surface area contributed by atoms with E-state index in [-0.39, 0.29) is 12.3 Å². The molecule has 0 rings (SSSR count). The normalized spacial score (nSPS) is 16.1. The molecule has 0 aliphatic rings. The Bertz CT molecular complexity index is 564. The third-order valence-electron chi connectivity index (χ3n) is 4.37. The first kappa shape index (κ1) is 27.1. The summed E-state index contributed by atoms with van der Waals surface area (Å²) in [4.78, 5) is 48.2. The van der Waals surface area contributed by atoms with Gasteiger partial charge in [0.1, 0.15) is 24.2 Å². The quantitative estimate of drug-likeness (QED) is 0.156. The number of nitrogens with two attached hydrogens (primary N) is 1. The Morgan fingerprint density at radius 1 is 0.966 bits per heavy atom. The van der Waals surface area contributed by atoms with Crippen LogP contribution in [0.5, 0.6) is 0 Å². The van der Waals surface area contributed by atoms with Crippen molar-refractivity contribution in [2.75, 3.05) is 25.2 Å². The van der Waals surface area contributed by atoms with Crippen LogP contribution in [0.25, 0.3) is 0 Å². The predicted molar refractivity (Wildman–Crippen MR) is 108 cm³/mol. The first-order chi connectivity index (χ1) is 13.6. The van der Waals surface area contributed by atoms with E-state index >= 15 is 0 Å². The van der Waals surface area contributed by atoms with Crippen LogP contribution in [0.3, 0.4) is 0 Å². The summed E-state index contributed by atoms with van der Waals surface area (Å²) in [5, 5.41) is 34.8. The van der Waals surface area contributed by atoms with Crippen LogP contribution >= 0.6 is 11.8 Å². The standard InChI is InChI=1S/C17H32N4O7S/c1-4-9(2)13(17(27)28)21-16(26)12(8-23)20-15(25)11(5-6-29-3)19-14(24)10(18)7-22/h9-13,22-23H,4-8,18H2,1-3H3,(H,19,24)(H,20,25)(H,21,26)(H,27,28). The smallest absolute Gasteiger partial charge is 0.326 e. The van der Waals surface area contributed by atoms with Crippen LogP contribution in [-0.2, 0) is 19.2 Å². The van der Waals surface area contributed by atoms with Gasteiger partial charge in [-0.1, -0.05) is 20.3 Å². The van der Waals surface area contributed by atoms with Gasteiger partial charge >= 0.3 is 5.97 Å². The molecule has 0 aliphatic heterocycles. The highest BCUT2D eigenvalue weighted by molar-refractivity contribution is 7.98. The van der Waals surface area contributed by atoms with Crippen molar-refractivity contribution >= 4 is 35.5 Å². The highest BCUT2D eigenvalue weighted by atomic mass is 32.2. The molecule has 0 aromatic carbocycles. The number of nitrogens with one attached hydrogen (secondary N) is 3. The minimum Gasteiger partial charge on any atom is -0.480 e. The molecular formula is C17H32N4O7S. The lowest BCUT2D eigenvalue weighted by molar-refractivity contribution is -0.144. The van der Waals surface area contributed by atoms with Gasteiger partial charge in [-0.25, -0.2) is 4.79 Å². The number of carbonyl (C=O) groups excluding carboxylic acids is 3. The summed E-state index contributed by atoms with van der Waals surface area (Å²) in [5.74, 6) is -3.39. The van der Waals surface area contributed by atoms with Gasteiger partial charge in [0.2, 0.25) is 17.7 Å². The molecule has 0 spiro atoms. The fraction of sp³-hybridized carbons (Fsp3) is 0.765. The minimum absolute atomic E-state index is 0.223. The maximum Gasteiger partial charge on any atom is 0.326 e. The Labute approximate surface area is 174 Å². The monoisotopic (exact) mass is 436 g/mol. The lowest BCUT2D eigenvalue weighted by Crippen LogP contribution is -2.59. The molecule has 0 saturated heterocycles. The number of aliphatic hydroxyl groups is 2. The maximum absolute atomic E-state index is 12.5. The molecule has 0 radical (unpaired) electrons. The maximum atomic E-state index is 12.5. The average Bonchev–Trinajstić information content (AvgIpc) is 2.70. The van der Waals surface area contributed by atoms with E-state index in [9.17, 15) is 29.4 Å². The zero-order valence-corrected chi connectivity index (χ0v) is 17.7. The second kappa shape index (κ2) is 14.1. The Hall–Kier alpha value is -1.89. The molecule has 0 saturated carbocycles. The molecule has 29 heavy (non-hydrogen) atoms. The number of hydrogen-bond acceptors (Lipinski definition) is 8. The largest absolute Gasteiger partial charge is 0.480 e. The first-order valence-electron chi connectivity index (χ1n) is 9.22. The zero-order valence-electron chi connectivity index (χ0n) is 16.9. The molecule has 8 N–H and O–H groups in total. The van der Waals surface area contributed by atoms with Gasteiger partial charge in [-0.15, -0.1) is 0 Å². The number of thioether (sulfide) groups is 1. The van der Waals surface area contributed by atoms with E-state index in [2.05, 4.69) is 16.0 Å². The van der Waals surface area contributed by atoms with Gasteiger partial charge in [0.05, 0.1) is 13.2 Å². The van der Waals surface area contributed by atoms with Gasteiger partial charge in [-0.05, 0) is 24.3 Å². The zero-order chi connectivity index (χ0) is 22.6. The van der Waals surface area contributed by atoms with Crippen LogP contribution in [0, 0.1) is 5.92 Å². The number of amides is 3. The van der Waals surface area contributed by atoms with Crippen molar-refractivity contribution in [3.05, 3.63) is 0 Å². The van der Waals surface area contributed by atoms with Crippen molar-refractivity contribution < 1.29 is 34.5 Å². The summed E-state index contributed by atoms with van der Waals surface area (Å²) in [6.07, 6.45) is 2.53. The third-order valence-corrected chi connectivity index (χ3v) is 5.01. The van der Waals surface area contributed by atoms with E-state index < -0.39 is 61.1 Å². The number of aliphatic hydroxyl groups excluding tert-OH is 2. The lowest BCUT2D eigenvalue weighted by atomic mass is 9.99. The molecule has 0 fully saturated rings. The average molecular weight is 437 g/mol. The van der Waals surface area contributed by atoms with Crippen molar-refractivity contribution in [2.45, 2.75) is 50.9 Å². The van der Waals surface area contributed by atoms with Crippen LogP contribution in [-0.4, -0.2) is 88.4 Å². The number of rotatable bonds is 14. The van der Waals surface area contributed by atoms with Crippen LogP contribution in [0.1, 0.15) is 26.7 Å². The molecule has 3 amide bonds. The van der Waals surface area contributed by atoms with Crippen LogP contribution in [0.4, 0.5) is 0 Å². The number of hydrogen-bond donors (Lipinski definition) is 7. The second-order valence-electron chi connectivity index (χ2n) is 6.59. The van der Waals surface area contributed by atoms with Gasteiger partial charge < -0.3 is 37.0 Å². The van der Waals surface area contributed by atoms with Crippen LogP contribution in [0.2, 0.25) is 0 Å². The molecule has 11 nitrogen and oxygen atoms in total. The molecule has 5 unspecified atom stereocenters. The van der Waals surface area contributed by atoms with E-state index in [0.717, 1.165) is 0 Å². The number of carboxylic acids is 1. The summed E-state index contributed by atoms with van der Waals surface area (Å²) < 4.78 is 0. The van der Waals surface area contributed by atoms with Gasteiger partial charge in [-0.2, -0.15) is 11.8 Å². The summed E-state index contributed by atoms with van der Waals surface area (Å²) in [6, 6.07) is -4.82. The summed E-state index contributed by atoms with van der Waals surface area (Å²) in [5.41, 5.74) is 5.44. The van der Waals surface area contributed by atoms with Crippen molar-refractivity contribution in [2.24, 2.45) is 11.7 Å². The SMILES string of the molecule is CCC(C)C(NC(=O)C(CO)NC(=O)C(CCSC)NC(=O)C(N)CO)C(=O)O. The van der Waals surface area contributed by atoms with Crippen LogP contribution in [0.15, 0.2) is 0 Å². The highest BCUT2D eigenvalue weighted by Gasteiger charge is 2.31. The van der Waals surface area contributed by atoms with Crippen molar-refractivity contribution in [1.29, 1.82) is 0 Å². The summed E-state index contributed by atoms with van der Waals surface area (Å²) in [7, 11) is 0. The second-order valence-corrected chi connectivity index (χ2v) is 7.57. The Balaban J connectivity index is 5.18. The van der Waals surface area contributed by atoms with Crippen molar-refractivity contribution in [3.63, 3.8) is 0 Å². The van der Waals surface area contributed by atoms with E-state index in [1.54, 1.807) is 20.1 Å². The third kappa shape index (κ3) is 9.43. The molecule has 12 heteroatoms. The van der Waals surface area contributed by atoms with E-state index in [1.165, 1.54) is 11.8 Å². The van der Waals surface area contributed by atoms with Crippen molar-refractivity contribution in [3.8, 4) is 0 Å². The summed E-state index contributed by atoms with van der Waals surface area (Å²) >= 11 is 1.43. The van der Waals surface area contributed by atoms with E-state index in [4.69, 9.17) is 10.8 Å². The molecular weight excluding hydrogens is 404 g/mol. The number of aliphatic carboxylic acids is 1. The Morgan fingerprint density at radius 2 is 1.52 bits per heavy atom. The van der Waals surface area contributed by atoms with Gasteiger partial charge in [0.15, 0.2) is 0 Å². The van der Waals surface area contributed by atoms with E-state index in [1.807, 2.05) is 0 Å². The molecule has 0 aliphatic carbocycles. The minimum atomic E-state index is -1.39. The van der Waals surface area contributed by atoms with Gasteiger partial charge in [0, 0.05) is 0 Å². The van der Waals surface area contributed by atoms with E-state index in [0.29, 0.717) is 12.2 Å². The molecule has 5 atom stereocenters. The highest BCUT2D eigenvalue weighted by Crippen LogP contribution is 2.08. The Morgan fingerprint density at radius 3 is 1.97 bits per heavy atom. The summed E-state index contributed by atoms with van der Waals surface area (Å²) in [6.45, 7) is 2.07. The predicted octanol–water partition coefficient (Wildman–Crippen LogP) is -2.36. The van der Waals surface area contributed by atoms with Gasteiger partial charge in [0.25, 0.3) is 0 Å². The fourth-order valence-corrected chi connectivity index (χ4v) is 2.74. The van der Waals surface area contributed by atoms with Crippen LogP contribution < -0.4 is 21.7 Å². The van der Waals surface area contributed by atoms with Gasteiger partial charge in [-0.3, -0.25) is 14.4 Å². The molecule has 0 heterocycles.